The van der Waals surface area contributed by atoms with E-state index >= 15 is 0 Å². The molecule has 1 saturated carbocycles. The van der Waals surface area contributed by atoms with Gasteiger partial charge in [-0.1, -0.05) is 31.0 Å². The van der Waals surface area contributed by atoms with Gasteiger partial charge >= 0.3 is 0 Å². The van der Waals surface area contributed by atoms with Gasteiger partial charge in [0.05, 0.1) is 20.5 Å². The third kappa shape index (κ3) is 4.77. The Bertz CT molecular complexity index is 1300. The summed E-state index contributed by atoms with van der Waals surface area (Å²) >= 11 is 1.75. The number of ether oxygens (including phenoxy) is 2. The molecule has 0 bridgehead atoms. The lowest BCUT2D eigenvalue weighted by Gasteiger charge is -2.25. The predicted octanol–water partition coefficient (Wildman–Crippen LogP) is 4.37. The van der Waals surface area contributed by atoms with E-state index in [1.807, 2.05) is 22.8 Å². The molecule has 35 heavy (non-hydrogen) atoms. The van der Waals surface area contributed by atoms with Gasteiger partial charge in [0, 0.05) is 23.9 Å². The van der Waals surface area contributed by atoms with Crippen molar-refractivity contribution in [3.63, 3.8) is 0 Å². The second-order valence-electron chi connectivity index (χ2n) is 8.61. The topological polar surface area (TPSA) is 119 Å². The van der Waals surface area contributed by atoms with E-state index in [0.29, 0.717) is 28.9 Å². The standard InChI is InChI=1S/C24H30N8O2S/c1-33-18-10-9-16(13-19(18)34-2)22-29-30-24(32(22)17-7-4-3-5-8-17)35-12-6-11-31-15-28-20-21(25)26-14-27-23(20)31/h9-10,13-15,17H,3-8,11-12H2,1-2H3,(H2,25,26,27). The van der Waals surface area contributed by atoms with Crippen LogP contribution >= 0.6 is 11.8 Å². The number of rotatable bonds is 9. The van der Waals surface area contributed by atoms with E-state index < -0.39 is 0 Å². The van der Waals surface area contributed by atoms with Crippen molar-refractivity contribution in [1.82, 2.24) is 34.3 Å². The fourth-order valence-electron chi connectivity index (χ4n) is 4.68. The van der Waals surface area contributed by atoms with Crippen molar-refractivity contribution in [2.24, 2.45) is 0 Å². The van der Waals surface area contributed by atoms with Crippen LogP contribution in [0, 0.1) is 0 Å². The highest BCUT2D eigenvalue weighted by Crippen LogP contribution is 2.38. The molecule has 0 radical (unpaired) electrons. The van der Waals surface area contributed by atoms with Crippen LogP contribution in [-0.4, -0.2) is 54.3 Å². The van der Waals surface area contributed by atoms with Gasteiger partial charge < -0.3 is 19.8 Å². The van der Waals surface area contributed by atoms with Crippen LogP contribution in [0.2, 0.25) is 0 Å². The molecule has 10 nitrogen and oxygen atoms in total. The van der Waals surface area contributed by atoms with Crippen LogP contribution in [-0.2, 0) is 6.54 Å². The van der Waals surface area contributed by atoms with Crippen molar-refractivity contribution < 1.29 is 9.47 Å². The highest BCUT2D eigenvalue weighted by atomic mass is 32.2. The molecule has 0 aliphatic heterocycles. The highest BCUT2D eigenvalue weighted by molar-refractivity contribution is 7.99. The molecule has 0 atom stereocenters. The summed E-state index contributed by atoms with van der Waals surface area (Å²) in [6.45, 7) is 0.792. The Labute approximate surface area is 208 Å². The third-order valence-corrected chi connectivity index (χ3v) is 7.48. The summed E-state index contributed by atoms with van der Waals surface area (Å²) in [5.41, 5.74) is 8.31. The maximum atomic E-state index is 5.91. The van der Waals surface area contributed by atoms with Crippen LogP contribution in [0.4, 0.5) is 5.82 Å². The molecule has 184 valence electrons. The molecule has 0 amide bonds. The van der Waals surface area contributed by atoms with Gasteiger partial charge in [-0.25, -0.2) is 15.0 Å². The first-order valence-corrected chi connectivity index (χ1v) is 12.9. The maximum Gasteiger partial charge on any atom is 0.191 e. The van der Waals surface area contributed by atoms with E-state index in [4.69, 9.17) is 15.2 Å². The first kappa shape index (κ1) is 23.4. The summed E-state index contributed by atoms with van der Waals surface area (Å²) in [6, 6.07) is 6.33. The molecule has 0 spiro atoms. The van der Waals surface area contributed by atoms with E-state index in [1.165, 1.54) is 25.6 Å². The number of thioether (sulfide) groups is 1. The zero-order valence-corrected chi connectivity index (χ0v) is 20.9. The molecule has 1 fully saturated rings. The molecule has 11 heteroatoms. The third-order valence-electron chi connectivity index (χ3n) is 6.45. The summed E-state index contributed by atoms with van der Waals surface area (Å²) in [7, 11) is 3.30. The van der Waals surface area contributed by atoms with Crippen molar-refractivity contribution in [1.29, 1.82) is 0 Å². The number of hydrogen-bond acceptors (Lipinski definition) is 9. The number of benzene rings is 1. The van der Waals surface area contributed by atoms with Gasteiger partial charge in [-0.05, 0) is 37.5 Å². The number of nitrogens with two attached hydrogens (primary N) is 1. The van der Waals surface area contributed by atoms with E-state index in [1.54, 1.807) is 32.3 Å². The van der Waals surface area contributed by atoms with Crippen molar-refractivity contribution >= 4 is 28.7 Å². The smallest absolute Gasteiger partial charge is 0.191 e. The van der Waals surface area contributed by atoms with E-state index in [9.17, 15) is 0 Å². The minimum absolute atomic E-state index is 0.404. The zero-order chi connectivity index (χ0) is 24.2. The number of fused-ring (bicyclic) bond motifs is 1. The summed E-state index contributed by atoms with van der Waals surface area (Å²) in [5.74, 6) is 3.58. The molecule has 4 aromatic rings. The van der Waals surface area contributed by atoms with Gasteiger partial charge in [0.15, 0.2) is 33.9 Å². The lowest BCUT2D eigenvalue weighted by molar-refractivity contribution is 0.339. The minimum Gasteiger partial charge on any atom is -0.493 e. The van der Waals surface area contributed by atoms with Crippen LogP contribution in [0.25, 0.3) is 22.6 Å². The Hall–Kier alpha value is -3.34. The molecular formula is C24H30N8O2S. The second-order valence-corrected chi connectivity index (χ2v) is 9.67. The first-order valence-electron chi connectivity index (χ1n) is 11.9. The Morgan fingerprint density at radius 2 is 1.86 bits per heavy atom. The first-order chi connectivity index (χ1) is 17.2. The lowest BCUT2D eigenvalue weighted by Crippen LogP contribution is -2.15. The molecule has 5 rings (SSSR count). The fraction of sp³-hybridized carbons (Fsp3) is 0.458. The van der Waals surface area contributed by atoms with Crippen molar-refractivity contribution in [2.75, 3.05) is 25.7 Å². The number of imidazole rings is 1. The van der Waals surface area contributed by atoms with Gasteiger partial charge in [0.2, 0.25) is 0 Å². The van der Waals surface area contributed by atoms with Gasteiger partial charge in [0.1, 0.15) is 11.8 Å². The number of nitrogen functional groups attached to an aromatic ring is 1. The van der Waals surface area contributed by atoms with E-state index in [0.717, 1.165) is 53.8 Å². The molecular weight excluding hydrogens is 464 g/mol. The number of methoxy groups -OCH3 is 2. The normalized spacial score (nSPS) is 14.5. The molecule has 1 aliphatic rings. The Morgan fingerprint density at radius 3 is 2.66 bits per heavy atom. The molecule has 3 aromatic heterocycles. The zero-order valence-electron chi connectivity index (χ0n) is 20.1. The minimum atomic E-state index is 0.404. The summed E-state index contributed by atoms with van der Waals surface area (Å²) in [4.78, 5) is 12.7. The Balaban J connectivity index is 1.35. The number of aromatic nitrogens is 7. The number of hydrogen-bond donors (Lipinski definition) is 1. The monoisotopic (exact) mass is 494 g/mol. The van der Waals surface area contributed by atoms with Crippen LogP contribution in [0.5, 0.6) is 11.5 Å². The van der Waals surface area contributed by atoms with E-state index in [-0.39, 0.29) is 0 Å². The molecule has 0 unspecified atom stereocenters. The van der Waals surface area contributed by atoms with Gasteiger partial charge in [0.25, 0.3) is 0 Å². The molecule has 3 heterocycles. The van der Waals surface area contributed by atoms with Gasteiger partial charge in [-0.15, -0.1) is 10.2 Å². The Morgan fingerprint density at radius 1 is 1.03 bits per heavy atom. The SMILES string of the molecule is COc1ccc(-c2nnc(SCCCn3cnc4c(N)ncnc43)n2C2CCCCC2)cc1OC. The van der Waals surface area contributed by atoms with Crippen LogP contribution in [0.15, 0.2) is 36.0 Å². The molecule has 1 aromatic carbocycles. The highest BCUT2D eigenvalue weighted by Gasteiger charge is 2.24. The largest absolute Gasteiger partial charge is 0.493 e. The summed E-state index contributed by atoms with van der Waals surface area (Å²) in [5, 5.41) is 10.2. The van der Waals surface area contributed by atoms with Crippen molar-refractivity contribution in [3.05, 3.63) is 30.9 Å². The second kappa shape index (κ2) is 10.5. The van der Waals surface area contributed by atoms with Gasteiger partial charge in [-0.2, -0.15) is 0 Å². The van der Waals surface area contributed by atoms with Crippen molar-refractivity contribution in [2.45, 2.75) is 56.3 Å². The average Bonchev–Trinajstić information content (AvgIpc) is 3.52. The number of anilines is 1. The average molecular weight is 495 g/mol. The number of aryl methyl sites for hydroxylation is 1. The maximum absolute atomic E-state index is 5.91. The summed E-state index contributed by atoms with van der Waals surface area (Å²) in [6.07, 6.45) is 10.2. The van der Waals surface area contributed by atoms with E-state index in [2.05, 4.69) is 29.7 Å². The van der Waals surface area contributed by atoms with Crippen LogP contribution < -0.4 is 15.2 Å². The van der Waals surface area contributed by atoms with Gasteiger partial charge in [-0.3, -0.25) is 4.57 Å². The number of nitrogens with zero attached hydrogens (tertiary/aromatic N) is 7. The quantitative estimate of drug-likeness (QED) is 0.267. The lowest BCUT2D eigenvalue weighted by atomic mass is 9.95. The van der Waals surface area contributed by atoms with Crippen LogP contribution in [0.3, 0.4) is 0 Å². The molecule has 1 aliphatic carbocycles. The summed E-state index contributed by atoms with van der Waals surface area (Å²) < 4.78 is 15.3. The predicted molar refractivity (Wildman–Crippen MR) is 136 cm³/mol. The Kier molecular flexibility index (Phi) is 7.03. The van der Waals surface area contributed by atoms with Crippen LogP contribution in [0.1, 0.15) is 44.6 Å². The molecule has 0 saturated heterocycles. The fourth-order valence-corrected chi connectivity index (χ4v) is 5.61. The molecule has 2 N–H and O–H groups in total. The van der Waals surface area contributed by atoms with Crippen molar-refractivity contribution in [3.8, 4) is 22.9 Å².